The van der Waals surface area contributed by atoms with Crippen LogP contribution in [0.1, 0.15) is 99.5 Å². The van der Waals surface area contributed by atoms with Crippen LogP contribution in [0.3, 0.4) is 0 Å². The monoisotopic (exact) mass is 1090 g/mol. The molecule has 13 atom stereocenters. The maximum absolute atomic E-state index is 16.2. The number of amides is 1. The Bertz CT molecular complexity index is 2890. The molecule has 1 amide bonds. The minimum Gasteiger partial charge on any atom is -0.479 e. The van der Waals surface area contributed by atoms with E-state index in [1.165, 1.54) is 88.4 Å². The summed E-state index contributed by atoms with van der Waals surface area (Å²) in [6.45, 7) is 6.91. The van der Waals surface area contributed by atoms with Gasteiger partial charge >= 0.3 is 47.8 Å². The first-order chi connectivity index (χ1) is 36.7. The van der Waals surface area contributed by atoms with E-state index in [4.69, 9.17) is 33.2 Å². The summed E-state index contributed by atoms with van der Waals surface area (Å²) in [4.78, 5) is 137. The van der Waals surface area contributed by atoms with Crippen molar-refractivity contribution in [3.63, 3.8) is 0 Å². The number of esters is 6. The number of carboxylic acid groups (broad SMARTS) is 2. The maximum atomic E-state index is 16.2. The van der Waals surface area contributed by atoms with Gasteiger partial charge in [-0.25, -0.2) is 19.2 Å². The summed E-state index contributed by atoms with van der Waals surface area (Å²) in [5.41, 5.74) is -9.30. The number of rotatable bonds is 18. The molecule has 6 N–H and O–H groups in total. The minimum atomic E-state index is -2.71. The molecule has 0 spiro atoms. The molecule has 0 aromatic heterocycles. The van der Waals surface area contributed by atoms with Gasteiger partial charge in [0.25, 0.3) is 5.91 Å². The number of fused-ring (bicyclic) bond motifs is 5. The smallest absolute Gasteiger partial charge is 0.350 e. The topological polar surface area (TPSA) is 348 Å². The lowest BCUT2D eigenvalue weighted by molar-refractivity contribution is -0.346. The predicted molar refractivity (Wildman–Crippen MR) is 262 cm³/mol. The fourth-order valence-electron chi connectivity index (χ4n) is 11.3. The highest BCUT2D eigenvalue weighted by Gasteiger charge is 2.79. The lowest BCUT2D eigenvalue weighted by atomic mass is 9.44. The fraction of sp³-hybridized carbons (Fsp3) is 0.455. The fourth-order valence-corrected chi connectivity index (χ4v) is 11.3. The minimum absolute atomic E-state index is 0.0720. The molecule has 7 rings (SSSR count). The third kappa shape index (κ3) is 11.0. The first-order valence-corrected chi connectivity index (χ1v) is 24.7. The van der Waals surface area contributed by atoms with E-state index in [0.29, 0.717) is 0 Å². The van der Waals surface area contributed by atoms with Gasteiger partial charge in [-0.05, 0) is 54.8 Å². The summed E-state index contributed by atoms with van der Waals surface area (Å²) in [5, 5.41) is 56.1. The molecular weight excluding hydrogens is 1030 g/mol. The third-order valence-corrected chi connectivity index (χ3v) is 15.2. The molecule has 1 aliphatic heterocycles. The molecule has 2 saturated carbocycles. The van der Waals surface area contributed by atoms with Crippen LogP contribution in [0.5, 0.6) is 0 Å². The van der Waals surface area contributed by atoms with Crippen molar-refractivity contribution in [3.8, 4) is 0 Å². The second-order valence-electron chi connectivity index (χ2n) is 20.4. The number of aliphatic hydroxyl groups is 3. The van der Waals surface area contributed by atoms with Gasteiger partial charge in [0.05, 0.1) is 36.3 Å². The number of carboxylic acids is 2. The number of nitrogens with one attached hydrogen (secondary N) is 1. The Balaban J connectivity index is 1.46. The van der Waals surface area contributed by atoms with Gasteiger partial charge in [0.15, 0.2) is 29.7 Å². The third-order valence-electron chi connectivity index (χ3n) is 15.2. The van der Waals surface area contributed by atoms with Crippen molar-refractivity contribution >= 4 is 59.4 Å². The summed E-state index contributed by atoms with van der Waals surface area (Å²) in [7, 11) is 0. The largest absolute Gasteiger partial charge is 0.479 e. The highest BCUT2D eigenvalue weighted by molar-refractivity contribution is 5.97. The number of hydrogen-bond acceptors (Lipinski definition) is 20. The average molecular weight is 1090 g/mol. The Morgan fingerprint density at radius 2 is 1.28 bits per heavy atom. The molecule has 0 radical (unpaired) electrons. The first kappa shape index (κ1) is 57.8. The highest BCUT2D eigenvalue weighted by atomic mass is 16.6. The van der Waals surface area contributed by atoms with Gasteiger partial charge < -0.3 is 64.0 Å². The number of Topliss-reactive ketones (excluding diaryl/α,β-unsaturated/α-hetero) is 1. The molecule has 2 bridgehead atoms. The highest BCUT2D eigenvalue weighted by Crippen LogP contribution is 2.65. The molecule has 3 aromatic carbocycles. The second-order valence-corrected chi connectivity index (χ2v) is 20.4. The van der Waals surface area contributed by atoms with Gasteiger partial charge in [-0.3, -0.25) is 28.8 Å². The molecule has 416 valence electrons. The zero-order chi connectivity index (χ0) is 57.2. The van der Waals surface area contributed by atoms with Crippen molar-refractivity contribution in [1.82, 2.24) is 5.32 Å². The SMILES string of the molecule is CC(=O)O[C@H]1C(=O)[C@@]2(C)C([C@H](OC(=O)c3ccccc3)[C@]3(O)C[C@H](OC(=O)[C@H](OC(=O)CC(O)C(=O)O)C(NC(=O)c4ccccc4)c4ccccc4)C(C)=C1C3(C)C)[C@]1(OC(C)=O)CO[C@@H]1C[C@@H]2OC(=O)CC(O)C(=O)O. The first-order valence-electron chi connectivity index (χ1n) is 24.7. The van der Waals surface area contributed by atoms with Crippen LogP contribution in [0, 0.1) is 16.7 Å². The van der Waals surface area contributed by atoms with E-state index >= 15 is 9.59 Å². The van der Waals surface area contributed by atoms with Crippen molar-refractivity contribution < 1.29 is 107 Å². The van der Waals surface area contributed by atoms with Crippen LogP contribution in [-0.2, 0) is 71.5 Å². The van der Waals surface area contributed by atoms with Gasteiger partial charge in [-0.1, -0.05) is 80.6 Å². The van der Waals surface area contributed by atoms with Crippen molar-refractivity contribution in [3.05, 3.63) is 119 Å². The van der Waals surface area contributed by atoms with Crippen molar-refractivity contribution in [2.75, 3.05) is 6.61 Å². The number of aliphatic carboxylic acids is 2. The van der Waals surface area contributed by atoms with Gasteiger partial charge in [0.2, 0.25) is 6.10 Å². The Kier molecular flexibility index (Phi) is 16.8. The predicted octanol–water partition coefficient (Wildman–Crippen LogP) is 2.51. The summed E-state index contributed by atoms with van der Waals surface area (Å²) in [5.74, 6) is -14.8. The summed E-state index contributed by atoms with van der Waals surface area (Å²) in [6, 6.07) is 20.9. The maximum Gasteiger partial charge on any atom is 0.350 e. The molecular formula is C55H59NO22. The Labute approximate surface area is 445 Å². The lowest BCUT2D eigenvalue weighted by Gasteiger charge is -2.67. The summed E-state index contributed by atoms with van der Waals surface area (Å²) < 4.78 is 42.3. The van der Waals surface area contributed by atoms with E-state index in [1.54, 1.807) is 30.3 Å². The summed E-state index contributed by atoms with van der Waals surface area (Å²) >= 11 is 0. The normalized spacial score (nSPS) is 28.3. The van der Waals surface area contributed by atoms with Gasteiger partial charge in [0, 0.05) is 37.7 Å². The van der Waals surface area contributed by atoms with Crippen molar-refractivity contribution in [1.29, 1.82) is 0 Å². The van der Waals surface area contributed by atoms with Crippen LogP contribution >= 0.6 is 0 Å². The number of benzene rings is 3. The van der Waals surface area contributed by atoms with E-state index in [0.717, 1.165) is 13.8 Å². The van der Waals surface area contributed by atoms with Crippen molar-refractivity contribution in [2.45, 2.75) is 133 Å². The quantitative estimate of drug-likeness (QED) is 0.0605. The number of carbonyl (C=O) groups excluding carboxylic acids is 8. The molecule has 1 saturated heterocycles. The number of aliphatic hydroxyl groups excluding tert-OH is 2. The van der Waals surface area contributed by atoms with Crippen LogP contribution in [0.2, 0.25) is 0 Å². The number of ether oxygens (including phenoxy) is 7. The molecule has 1 heterocycles. The average Bonchev–Trinajstić information content (AvgIpc) is 3.51. The van der Waals surface area contributed by atoms with Gasteiger partial charge in [0.1, 0.15) is 36.1 Å². The van der Waals surface area contributed by atoms with E-state index in [-0.39, 0.29) is 27.8 Å². The number of carbonyl (C=O) groups is 10. The van der Waals surface area contributed by atoms with Crippen LogP contribution in [0.25, 0.3) is 0 Å². The van der Waals surface area contributed by atoms with E-state index in [1.807, 2.05) is 0 Å². The standard InChI is InChI=1S/C55H59NO22/c1-27-35(74-51(70)43(76-39(62)23-34(60)49(67)68)41(30-16-10-7-11-17-30)56-47(64)31-18-12-8-13-19-31)25-55(71)46(77-50(69)32-20-14-9-15-21-32)44-53(6,45(63)42(73-28(2)57)40(27)52(55,4)5)36(75-38(61)22-33(59)48(65)66)24-37-54(44,26-72-37)78-29(3)58/h7-21,33-37,41-44,46,59-60,71H,22-26H2,1-6H3,(H,56,64)(H,65,66)(H,67,68)/t33?,34?,35-,36-,37+,41?,42+,43+,44?,46-,53+,54-,55+/m0/s1. The Hall–Kier alpha value is -7.86. The lowest BCUT2D eigenvalue weighted by Crippen LogP contribution is -2.82. The van der Waals surface area contributed by atoms with E-state index in [2.05, 4.69) is 5.32 Å². The molecule has 23 nitrogen and oxygen atoms in total. The van der Waals surface area contributed by atoms with Crippen LogP contribution in [-0.4, -0.2) is 152 Å². The zero-order valence-corrected chi connectivity index (χ0v) is 43.1. The molecule has 3 aromatic rings. The van der Waals surface area contributed by atoms with Crippen molar-refractivity contribution in [2.24, 2.45) is 16.7 Å². The van der Waals surface area contributed by atoms with Crippen LogP contribution < -0.4 is 5.32 Å². The zero-order valence-electron chi connectivity index (χ0n) is 43.1. The number of ketones is 1. The van der Waals surface area contributed by atoms with Gasteiger partial charge in [-0.2, -0.15) is 0 Å². The van der Waals surface area contributed by atoms with Crippen LogP contribution in [0.4, 0.5) is 0 Å². The summed E-state index contributed by atoms with van der Waals surface area (Å²) in [6.07, 6.45) is -19.6. The van der Waals surface area contributed by atoms with Crippen LogP contribution in [0.15, 0.2) is 102 Å². The Morgan fingerprint density at radius 1 is 0.731 bits per heavy atom. The van der Waals surface area contributed by atoms with E-state index in [9.17, 15) is 63.9 Å². The second kappa shape index (κ2) is 22.6. The molecule has 23 heteroatoms. The van der Waals surface area contributed by atoms with Gasteiger partial charge in [-0.15, -0.1) is 0 Å². The molecule has 4 unspecified atom stereocenters. The van der Waals surface area contributed by atoms with E-state index < -0.39 is 175 Å². The Morgan fingerprint density at radius 3 is 1.81 bits per heavy atom. The molecule has 3 fully saturated rings. The number of hydrogen-bond donors (Lipinski definition) is 6. The molecule has 78 heavy (non-hydrogen) atoms. The molecule has 4 aliphatic rings. The molecule has 3 aliphatic carbocycles.